The summed E-state index contributed by atoms with van der Waals surface area (Å²) in [6, 6.07) is 13.0. The number of carbonyl (C=O) groups excluding carboxylic acids is 2. The van der Waals surface area contributed by atoms with Crippen LogP contribution in [0.15, 0.2) is 42.5 Å². The van der Waals surface area contributed by atoms with E-state index in [1.54, 1.807) is 13.1 Å². The molecule has 1 saturated heterocycles. The molecule has 4 rings (SSSR count). The van der Waals surface area contributed by atoms with E-state index in [2.05, 4.69) is 5.32 Å². The summed E-state index contributed by atoms with van der Waals surface area (Å²) >= 11 is 6.67. The van der Waals surface area contributed by atoms with Gasteiger partial charge in [0.05, 0.1) is 10.7 Å². The largest absolute Gasteiger partial charge is 0.679 e. The van der Waals surface area contributed by atoms with E-state index in [4.69, 9.17) is 16.9 Å². The van der Waals surface area contributed by atoms with Crippen molar-refractivity contribution in [2.75, 3.05) is 25.0 Å². The molecule has 2 aliphatic rings. The molecular weight excluding hydrogens is 529 g/mol. The predicted molar refractivity (Wildman–Crippen MR) is 132 cm³/mol. The third-order valence-electron chi connectivity index (χ3n) is 6.05. The van der Waals surface area contributed by atoms with Gasteiger partial charge in [-0.15, -0.1) is 11.2 Å². The van der Waals surface area contributed by atoms with Gasteiger partial charge in [0.25, 0.3) is 0 Å². The molecule has 0 atom stereocenters. The fourth-order valence-corrected chi connectivity index (χ4v) is 4.44. The predicted octanol–water partition coefficient (Wildman–Crippen LogP) is 6.12. The van der Waals surface area contributed by atoms with E-state index < -0.39 is 6.03 Å². The minimum atomic E-state index is -0.455. The summed E-state index contributed by atoms with van der Waals surface area (Å²) in [5, 5.41) is 18.5. The molecular formula is C25H32ClN4O3Y-. The molecule has 7 nitrogen and oxygen atoms in total. The average molecular weight is 561 g/mol. The van der Waals surface area contributed by atoms with E-state index in [0.29, 0.717) is 23.8 Å². The summed E-state index contributed by atoms with van der Waals surface area (Å²) in [6.07, 6.45) is 4.31. The summed E-state index contributed by atoms with van der Waals surface area (Å²) in [7, 11) is 1.66. The van der Waals surface area contributed by atoms with E-state index >= 15 is 0 Å². The SMILES string of the molecule is CC.CN(O)CCC1([N-]c2ccc(-c3cccc(N4CCC(=O)NC4=O)c3Cl)cc2)CCC1.[Y]. The van der Waals surface area contributed by atoms with E-state index in [1.165, 1.54) is 9.96 Å². The van der Waals surface area contributed by atoms with Crippen molar-refractivity contribution in [1.82, 2.24) is 10.4 Å². The molecule has 1 heterocycles. The molecule has 1 radical (unpaired) electrons. The molecule has 1 aliphatic carbocycles. The number of nitrogens with zero attached hydrogens (tertiary/aromatic N) is 3. The quantitative estimate of drug-likeness (QED) is 0.400. The van der Waals surface area contributed by atoms with Gasteiger partial charge in [-0.3, -0.25) is 15.0 Å². The van der Waals surface area contributed by atoms with Gasteiger partial charge in [-0.25, -0.2) is 4.79 Å². The van der Waals surface area contributed by atoms with E-state index in [-0.39, 0.29) is 50.6 Å². The van der Waals surface area contributed by atoms with Gasteiger partial charge in [0.15, 0.2) is 0 Å². The van der Waals surface area contributed by atoms with Crippen LogP contribution in [0, 0.1) is 0 Å². The standard InChI is InChI=1S/C23H26ClN4O3.C2H6.Y/c1-27(31)15-13-23(11-3-12-23)26-17-8-6-16(7-9-17)18-4-2-5-19(21(18)24)28-14-10-20(29)25-22(28)30;1-2;/h2,4-9,31H,3,10-15H2,1H3,(H,25,29,30);1-2H3;/q-1;;. The average Bonchev–Trinajstić information content (AvgIpc) is 2.78. The molecule has 2 N–H and O–H groups in total. The van der Waals surface area contributed by atoms with E-state index in [1.807, 2.05) is 50.2 Å². The zero-order chi connectivity index (χ0) is 24.0. The van der Waals surface area contributed by atoms with Crippen LogP contribution >= 0.6 is 11.6 Å². The second-order valence-electron chi connectivity index (χ2n) is 8.26. The number of rotatable bonds is 7. The zero-order valence-corrected chi connectivity index (χ0v) is 23.6. The first-order chi connectivity index (χ1) is 15.9. The Bertz CT molecular complexity index is 981. The first kappa shape index (κ1) is 28.7. The van der Waals surface area contributed by atoms with E-state index in [0.717, 1.165) is 42.5 Å². The van der Waals surface area contributed by atoms with Crippen molar-refractivity contribution in [2.45, 2.75) is 51.5 Å². The Morgan fingerprint density at radius 1 is 1.15 bits per heavy atom. The van der Waals surface area contributed by atoms with Crippen molar-refractivity contribution in [2.24, 2.45) is 0 Å². The second-order valence-corrected chi connectivity index (χ2v) is 8.64. The number of hydrogen-bond acceptors (Lipinski definition) is 4. The Morgan fingerprint density at radius 3 is 2.38 bits per heavy atom. The fourth-order valence-electron chi connectivity index (χ4n) is 4.11. The number of nitrogens with one attached hydrogen (secondary N) is 1. The van der Waals surface area contributed by atoms with Crippen molar-refractivity contribution in [1.29, 1.82) is 0 Å². The number of hydrogen-bond donors (Lipinski definition) is 2. The molecule has 1 aliphatic heterocycles. The van der Waals surface area contributed by atoms with Gasteiger partial charge in [0, 0.05) is 64.8 Å². The van der Waals surface area contributed by atoms with Crippen LogP contribution in [0.1, 0.15) is 46.0 Å². The Kier molecular flexibility index (Phi) is 11.0. The fraction of sp³-hybridized carbons (Fsp3) is 0.440. The smallest absolute Gasteiger partial charge is 0.328 e. The molecule has 1 saturated carbocycles. The van der Waals surface area contributed by atoms with Crippen LogP contribution in [0.25, 0.3) is 16.4 Å². The van der Waals surface area contributed by atoms with E-state index in [9.17, 15) is 14.8 Å². The van der Waals surface area contributed by atoms with Gasteiger partial charge in [-0.1, -0.05) is 81.1 Å². The number of amides is 3. The number of imide groups is 1. The Morgan fingerprint density at radius 2 is 1.82 bits per heavy atom. The maximum Gasteiger partial charge on any atom is 0.328 e. The molecule has 2 aromatic rings. The number of halogens is 1. The molecule has 2 fully saturated rings. The van der Waals surface area contributed by atoms with Crippen LogP contribution in [0.2, 0.25) is 5.02 Å². The van der Waals surface area contributed by atoms with Crippen LogP contribution in [-0.2, 0) is 37.5 Å². The van der Waals surface area contributed by atoms with Gasteiger partial charge in [-0.05, 0) is 18.1 Å². The van der Waals surface area contributed by atoms with Gasteiger partial charge >= 0.3 is 6.03 Å². The summed E-state index contributed by atoms with van der Waals surface area (Å²) in [6.45, 7) is 4.90. The summed E-state index contributed by atoms with van der Waals surface area (Å²) in [4.78, 5) is 25.2. The zero-order valence-electron chi connectivity index (χ0n) is 20.1. The third kappa shape index (κ3) is 6.79. The summed E-state index contributed by atoms with van der Waals surface area (Å²) in [5.41, 5.74) is 3.15. The third-order valence-corrected chi connectivity index (χ3v) is 6.45. The second kappa shape index (κ2) is 13.0. The van der Waals surface area contributed by atoms with Crippen LogP contribution in [0.4, 0.5) is 16.2 Å². The molecule has 0 spiro atoms. The normalized spacial score (nSPS) is 16.6. The van der Waals surface area contributed by atoms with Gasteiger partial charge in [-0.2, -0.15) is 5.06 Å². The molecule has 0 aromatic heterocycles. The first-order valence-electron chi connectivity index (χ1n) is 11.5. The number of anilines is 1. The summed E-state index contributed by atoms with van der Waals surface area (Å²) < 4.78 is 0. The van der Waals surface area contributed by atoms with Crippen LogP contribution < -0.4 is 10.2 Å². The maximum absolute atomic E-state index is 12.2. The van der Waals surface area contributed by atoms with Crippen molar-refractivity contribution in [3.8, 4) is 11.1 Å². The number of carbonyl (C=O) groups is 2. The van der Waals surface area contributed by atoms with Crippen LogP contribution in [0.5, 0.6) is 0 Å². The molecule has 0 unspecified atom stereocenters. The first-order valence-corrected chi connectivity index (χ1v) is 11.9. The van der Waals surface area contributed by atoms with Crippen molar-refractivity contribution < 1.29 is 47.5 Å². The Labute approximate surface area is 232 Å². The molecule has 34 heavy (non-hydrogen) atoms. The minimum Gasteiger partial charge on any atom is -0.679 e. The Balaban J connectivity index is 0.00000133. The molecule has 2 aromatic carbocycles. The minimum absolute atomic E-state index is 0. The van der Waals surface area contributed by atoms with Crippen molar-refractivity contribution >= 4 is 34.9 Å². The van der Waals surface area contributed by atoms with Gasteiger partial charge in [0.1, 0.15) is 0 Å². The number of benzene rings is 2. The van der Waals surface area contributed by atoms with Gasteiger partial charge < -0.3 is 10.5 Å². The number of hydroxylamine groups is 2. The molecule has 3 amide bonds. The van der Waals surface area contributed by atoms with Crippen LogP contribution in [-0.4, -0.2) is 47.9 Å². The molecule has 0 bridgehead atoms. The number of urea groups is 1. The Hall–Kier alpha value is -1.51. The van der Waals surface area contributed by atoms with Crippen molar-refractivity contribution in [3.63, 3.8) is 0 Å². The maximum atomic E-state index is 12.2. The van der Waals surface area contributed by atoms with Gasteiger partial charge in [0.2, 0.25) is 5.91 Å². The molecule has 181 valence electrons. The monoisotopic (exact) mass is 560 g/mol. The topological polar surface area (TPSA) is 87.0 Å². The van der Waals surface area contributed by atoms with Crippen LogP contribution in [0.3, 0.4) is 0 Å². The van der Waals surface area contributed by atoms with Crippen molar-refractivity contribution in [3.05, 3.63) is 52.8 Å². The summed E-state index contributed by atoms with van der Waals surface area (Å²) in [5.74, 6) is -0.275. The molecule has 9 heteroatoms.